The van der Waals surface area contributed by atoms with Crippen LogP contribution in [-0.4, -0.2) is 11.2 Å². The molecule has 0 aromatic carbocycles. The van der Waals surface area contributed by atoms with Crippen molar-refractivity contribution >= 4 is 5.97 Å². The first kappa shape index (κ1) is 10.2. The maximum absolute atomic E-state index is 10.7. The van der Waals surface area contributed by atoms with Crippen molar-refractivity contribution in [3.63, 3.8) is 0 Å². The van der Waals surface area contributed by atoms with E-state index in [1.807, 2.05) is 6.92 Å². The minimum atomic E-state index is -0.638. The summed E-state index contributed by atoms with van der Waals surface area (Å²) in [5.74, 6) is -0.638. The van der Waals surface area contributed by atoms with Crippen molar-refractivity contribution in [3.8, 4) is 0 Å². The Labute approximate surface area is 66.6 Å². The molecular formula is C8H14O3. The number of hydrogen-bond donors (Lipinski definition) is 1. The molecule has 0 bridgehead atoms. The number of carbonyl (C=O) groups excluding carboxylic acids is 1. The van der Waals surface area contributed by atoms with E-state index >= 15 is 0 Å². The van der Waals surface area contributed by atoms with Crippen LogP contribution in [0.3, 0.4) is 0 Å². The molecule has 0 heterocycles. The van der Waals surface area contributed by atoms with Gasteiger partial charge in [0.1, 0.15) is 0 Å². The van der Waals surface area contributed by atoms with Crippen molar-refractivity contribution in [2.75, 3.05) is 0 Å². The zero-order valence-electron chi connectivity index (χ0n) is 6.96. The quantitative estimate of drug-likeness (QED) is 0.387. The summed E-state index contributed by atoms with van der Waals surface area (Å²) in [4.78, 5) is 14.3. The van der Waals surface area contributed by atoms with Gasteiger partial charge in [0.15, 0.2) is 0 Å². The highest BCUT2D eigenvalue weighted by atomic mass is 17.1. The van der Waals surface area contributed by atoms with Crippen LogP contribution in [0, 0.1) is 0 Å². The van der Waals surface area contributed by atoms with Crippen LogP contribution in [0.15, 0.2) is 11.6 Å². The van der Waals surface area contributed by atoms with E-state index in [-0.39, 0.29) is 0 Å². The molecule has 0 spiro atoms. The second-order valence-electron chi connectivity index (χ2n) is 2.30. The summed E-state index contributed by atoms with van der Waals surface area (Å²) in [5, 5.41) is 8.05. The second kappa shape index (κ2) is 5.92. The molecule has 0 atom stereocenters. The van der Waals surface area contributed by atoms with Crippen molar-refractivity contribution in [1.29, 1.82) is 0 Å². The highest BCUT2D eigenvalue weighted by Gasteiger charge is 2.07. The molecule has 1 N–H and O–H groups in total. The molecular weight excluding hydrogens is 144 g/mol. The van der Waals surface area contributed by atoms with Crippen LogP contribution in [0.5, 0.6) is 0 Å². The lowest BCUT2D eigenvalue weighted by molar-refractivity contribution is -0.229. The zero-order valence-corrected chi connectivity index (χ0v) is 6.96. The van der Waals surface area contributed by atoms with Crippen molar-refractivity contribution in [2.24, 2.45) is 0 Å². The Hall–Kier alpha value is -0.830. The number of hydrogen-bond acceptors (Lipinski definition) is 3. The van der Waals surface area contributed by atoms with Gasteiger partial charge in [0.25, 0.3) is 0 Å². The monoisotopic (exact) mass is 158 g/mol. The summed E-state index contributed by atoms with van der Waals surface area (Å²) in [6, 6.07) is 0. The highest BCUT2D eigenvalue weighted by molar-refractivity contribution is 5.87. The molecule has 0 aliphatic rings. The van der Waals surface area contributed by atoms with E-state index in [0.29, 0.717) is 12.0 Å². The summed E-state index contributed by atoms with van der Waals surface area (Å²) >= 11 is 0. The fourth-order valence-electron chi connectivity index (χ4n) is 0.790. The molecule has 64 valence electrons. The van der Waals surface area contributed by atoms with Gasteiger partial charge in [-0.2, -0.15) is 5.26 Å². The van der Waals surface area contributed by atoms with Gasteiger partial charge in [0, 0.05) is 5.57 Å². The molecule has 3 heteroatoms. The van der Waals surface area contributed by atoms with E-state index in [1.54, 1.807) is 13.0 Å². The van der Waals surface area contributed by atoms with Gasteiger partial charge in [-0.25, -0.2) is 4.79 Å². The molecule has 0 rings (SSSR count). The lowest BCUT2D eigenvalue weighted by Crippen LogP contribution is -2.04. The van der Waals surface area contributed by atoms with Crippen LogP contribution in [-0.2, 0) is 9.68 Å². The lowest BCUT2D eigenvalue weighted by atomic mass is 10.1. The molecule has 0 aliphatic carbocycles. The summed E-state index contributed by atoms with van der Waals surface area (Å²) in [6.07, 6.45) is 4.30. The highest BCUT2D eigenvalue weighted by Crippen LogP contribution is 2.08. The van der Waals surface area contributed by atoms with Gasteiger partial charge in [-0.3, -0.25) is 4.89 Å². The molecule has 0 aromatic rings. The lowest BCUT2D eigenvalue weighted by Gasteiger charge is -2.00. The molecule has 0 unspecified atom stereocenters. The Balaban J connectivity index is 3.87. The van der Waals surface area contributed by atoms with Gasteiger partial charge in [0.2, 0.25) is 0 Å². The largest absolute Gasteiger partial charge is 0.368 e. The van der Waals surface area contributed by atoms with Gasteiger partial charge in [-0.15, -0.1) is 0 Å². The fraction of sp³-hybridized carbons (Fsp3) is 0.625. The predicted molar refractivity (Wildman–Crippen MR) is 42.0 cm³/mol. The Morgan fingerprint density at radius 3 is 2.64 bits per heavy atom. The van der Waals surface area contributed by atoms with Crippen LogP contribution in [0.1, 0.15) is 33.1 Å². The van der Waals surface area contributed by atoms with E-state index in [9.17, 15) is 4.79 Å². The van der Waals surface area contributed by atoms with Crippen LogP contribution in [0.4, 0.5) is 0 Å². The molecule has 11 heavy (non-hydrogen) atoms. The molecule has 0 saturated heterocycles. The first-order valence-corrected chi connectivity index (χ1v) is 3.77. The molecule has 0 amide bonds. The van der Waals surface area contributed by atoms with Crippen LogP contribution in [0.2, 0.25) is 0 Å². The smallest absolute Gasteiger partial charge is 0.296 e. The maximum atomic E-state index is 10.7. The van der Waals surface area contributed by atoms with Gasteiger partial charge in [-0.1, -0.05) is 19.4 Å². The molecule has 0 saturated carbocycles. The normalized spacial score (nSPS) is 11.4. The maximum Gasteiger partial charge on any atom is 0.368 e. The second-order valence-corrected chi connectivity index (χ2v) is 2.30. The number of rotatable bonds is 4. The minimum absolute atomic E-state index is 0.536. The standard InChI is InChI=1S/C8H14O3/c1-3-5-6-7(4-2)8(9)11-10/h4,10H,3,5-6H2,1-2H3. The van der Waals surface area contributed by atoms with Crippen molar-refractivity contribution in [2.45, 2.75) is 33.1 Å². The van der Waals surface area contributed by atoms with Crippen LogP contribution in [0.25, 0.3) is 0 Å². The third-order valence-corrected chi connectivity index (χ3v) is 1.49. The first-order valence-electron chi connectivity index (χ1n) is 3.77. The number of allylic oxidation sites excluding steroid dienone is 1. The van der Waals surface area contributed by atoms with Crippen molar-refractivity contribution < 1.29 is 14.9 Å². The van der Waals surface area contributed by atoms with Gasteiger partial charge < -0.3 is 0 Å². The number of carbonyl (C=O) groups is 1. The van der Waals surface area contributed by atoms with Crippen molar-refractivity contribution in [3.05, 3.63) is 11.6 Å². The van der Waals surface area contributed by atoms with Crippen LogP contribution < -0.4 is 0 Å². The Morgan fingerprint density at radius 2 is 2.27 bits per heavy atom. The summed E-state index contributed by atoms with van der Waals surface area (Å²) in [7, 11) is 0. The molecule has 0 aliphatic heterocycles. The molecule has 0 aromatic heterocycles. The summed E-state index contributed by atoms with van der Waals surface area (Å²) in [5.41, 5.74) is 0.536. The van der Waals surface area contributed by atoms with Gasteiger partial charge in [0.05, 0.1) is 0 Å². The fourth-order valence-corrected chi connectivity index (χ4v) is 0.790. The molecule has 3 nitrogen and oxygen atoms in total. The average molecular weight is 158 g/mol. The predicted octanol–water partition coefficient (Wildman–Crippen LogP) is 2.14. The third-order valence-electron chi connectivity index (χ3n) is 1.49. The summed E-state index contributed by atoms with van der Waals surface area (Å²) in [6.45, 7) is 3.79. The van der Waals surface area contributed by atoms with Gasteiger partial charge >= 0.3 is 5.97 Å². The molecule has 0 fully saturated rings. The van der Waals surface area contributed by atoms with E-state index < -0.39 is 5.97 Å². The number of unbranched alkanes of at least 4 members (excludes halogenated alkanes) is 1. The minimum Gasteiger partial charge on any atom is -0.296 e. The average Bonchev–Trinajstić information content (AvgIpc) is 2.05. The topological polar surface area (TPSA) is 46.5 Å². The zero-order chi connectivity index (χ0) is 8.69. The Kier molecular flexibility index (Phi) is 5.47. The molecule has 0 radical (unpaired) electrons. The van der Waals surface area contributed by atoms with Gasteiger partial charge in [-0.05, 0) is 19.8 Å². The third kappa shape index (κ3) is 3.78. The van der Waals surface area contributed by atoms with E-state index in [1.165, 1.54) is 0 Å². The Morgan fingerprint density at radius 1 is 1.64 bits per heavy atom. The first-order chi connectivity index (χ1) is 5.26. The Bertz CT molecular complexity index is 149. The summed E-state index contributed by atoms with van der Waals surface area (Å²) < 4.78 is 0. The van der Waals surface area contributed by atoms with Crippen LogP contribution >= 0.6 is 0 Å². The van der Waals surface area contributed by atoms with E-state index in [0.717, 1.165) is 12.8 Å². The SMILES string of the molecule is CC=C(CCCC)C(=O)OO. The van der Waals surface area contributed by atoms with E-state index in [2.05, 4.69) is 4.89 Å². The van der Waals surface area contributed by atoms with Crippen molar-refractivity contribution in [1.82, 2.24) is 0 Å². The van der Waals surface area contributed by atoms with E-state index in [4.69, 9.17) is 5.26 Å².